The van der Waals surface area contributed by atoms with Gasteiger partial charge in [-0.2, -0.15) is 0 Å². The zero-order valence-electron chi connectivity index (χ0n) is 12.2. The number of hydrogen-bond acceptors (Lipinski definition) is 2. The van der Waals surface area contributed by atoms with E-state index in [4.69, 9.17) is 12.2 Å². The van der Waals surface area contributed by atoms with Crippen LogP contribution in [0, 0.1) is 5.92 Å². The molecule has 6 heteroatoms. The summed E-state index contributed by atoms with van der Waals surface area (Å²) in [4.78, 5) is 14.5. The number of amides is 1. The van der Waals surface area contributed by atoms with E-state index in [-0.39, 0.29) is 5.91 Å². The summed E-state index contributed by atoms with van der Waals surface area (Å²) in [6, 6.07) is 3.47. The van der Waals surface area contributed by atoms with Crippen molar-refractivity contribution in [2.24, 2.45) is 5.92 Å². The van der Waals surface area contributed by atoms with E-state index in [1.807, 2.05) is 0 Å². The van der Waals surface area contributed by atoms with Crippen molar-refractivity contribution in [2.45, 2.75) is 39.5 Å². The number of unbranched alkanes of at least 4 members (excludes halogenated alkanes) is 1. The summed E-state index contributed by atoms with van der Waals surface area (Å²) in [5, 5.41) is 3.58. The van der Waals surface area contributed by atoms with Crippen LogP contribution in [0.3, 0.4) is 0 Å². The normalized spacial score (nSPS) is 11.7. The molecule has 0 bridgehead atoms. The summed E-state index contributed by atoms with van der Waals surface area (Å²) in [6.07, 6.45) is 6.49. The van der Waals surface area contributed by atoms with Crippen LogP contribution in [0.1, 0.15) is 50.0 Å². The van der Waals surface area contributed by atoms with E-state index in [0.717, 1.165) is 13.0 Å². The van der Waals surface area contributed by atoms with Gasteiger partial charge in [-0.25, -0.2) is 0 Å². The molecule has 5 nitrogen and oxygen atoms in total. The van der Waals surface area contributed by atoms with Gasteiger partial charge in [0.05, 0.1) is 0 Å². The van der Waals surface area contributed by atoms with Gasteiger partial charge in [0, 0.05) is 12.7 Å². The van der Waals surface area contributed by atoms with Gasteiger partial charge in [-0.15, -0.1) is 0 Å². The molecule has 20 heavy (non-hydrogen) atoms. The second-order valence-electron chi connectivity index (χ2n) is 4.79. The minimum atomic E-state index is -0.239. The Morgan fingerprint density at radius 1 is 1.40 bits per heavy atom. The standard InChI is InChI=1S/C14H24N4OS/c1-3-5-7-11(4-2)10-16-14(20)18-17-13(19)12-8-6-9-15-12/h6,8-9,11,15H,3-5,7,10H2,1-2H3,(H,17,19)(H2,16,18,20)/t11-/m1/s1. The maximum absolute atomic E-state index is 11.7. The lowest BCUT2D eigenvalue weighted by Crippen LogP contribution is -2.47. The summed E-state index contributed by atoms with van der Waals surface area (Å²) >= 11 is 5.13. The zero-order valence-corrected chi connectivity index (χ0v) is 13.0. The molecule has 0 aliphatic carbocycles. The topological polar surface area (TPSA) is 68.9 Å². The molecule has 0 saturated carbocycles. The first-order valence-corrected chi connectivity index (χ1v) is 7.55. The Balaban J connectivity index is 2.21. The molecule has 4 N–H and O–H groups in total. The Morgan fingerprint density at radius 2 is 2.20 bits per heavy atom. The molecule has 0 aromatic carbocycles. The van der Waals surface area contributed by atoms with Gasteiger partial charge in [-0.3, -0.25) is 15.6 Å². The van der Waals surface area contributed by atoms with E-state index >= 15 is 0 Å². The number of hydrogen-bond donors (Lipinski definition) is 4. The fraction of sp³-hybridized carbons (Fsp3) is 0.571. The maximum Gasteiger partial charge on any atom is 0.286 e. The van der Waals surface area contributed by atoms with Crippen LogP contribution in [0.2, 0.25) is 0 Å². The fourth-order valence-electron chi connectivity index (χ4n) is 1.88. The van der Waals surface area contributed by atoms with Crippen LogP contribution >= 0.6 is 12.2 Å². The van der Waals surface area contributed by atoms with Crippen LogP contribution in [0.4, 0.5) is 0 Å². The third-order valence-corrected chi connectivity index (χ3v) is 3.47. The number of aromatic amines is 1. The van der Waals surface area contributed by atoms with Crippen LogP contribution in [0.5, 0.6) is 0 Å². The number of H-pyrrole nitrogens is 1. The Hall–Kier alpha value is -1.56. The molecular formula is C14H24N4OS. The van der Waals surface area contributed by atoms with Gasteiger partial charge in [0.25, 0.3) is 5.91 Å². The van der Waals surface area contributed by atoms with Gasteiger partial charge < -0.3 is 10.3 Å². The van der Waals surface area contributed by atoms with Gasteiger partial charge >= 0.3 is 0 Å². The van der Waals surface area contributed by atoms with Crippen LogP contribution in [-0.2, 0) is 0 Å². The smallest absolute Gasteiger partial charge is 0.286 e. The SMILES string of the molecule is CCCC[C@@H](CC)CNC(=S)NNC(=O)c1ccc[nH]1. The number of carbonyl (C=O) groups is 1. The molecule has 1 aromatic rings. The molecule has 1 aromatic heterocycles. The summed E-state index contributed by atoms with van der Waals surface area (Å²) in [6.45, 7) is 5.22. The van der Waals surface area contributed by atoms with Gasteiger partial charge in [-0.05, 0) is 36.7 Å². The minimum absolute atomic E-state index is 0.239. The number of carbonyl (C=O) groups excluding carboxylic acids is 1. The molecule has 0 saturated heterocycles. The van der Waals surface area contributed by atoms with E-state index in [1.54, 1.807) is 18.3 Å². The molecule has 112 valence electrons. The third kappa shape index (κ3) is 6.06. The van der Waals surface area contributed by atoms with Crippen LogP contribution in [0.25, 0.3) is 0 Å². The lowest BCUT2D eigenvalue weighted by Gasteiger charge is -2.17. The second kappa shape index (κ2) is 9.36. The van der Waals surface area contributed by atoms with Gasteiger partial charge in [0.2, 0.25) is 0 Å². The maximum atomic E-state index is 11.7. The van der Waals surface area contributed by atoms with Crippen LogP contribution in [-0.4, -0.2) is 22.5 Å². The molecule has 1 rings (SSSR count). The fourth-order valence-corrected chi connectivity index (χ4v) is 2.01. The summed E-state index contributed by atoms with van der Waals surface area (Å²) in [5.74, 6) is 0.381. The highest BCUT2D eigenvalue weighted by Crippen LogP contribution is 2.10. The molecule has 1 heterocycles. The highest BCUT2D eigenvalue weighted by Gasteiger charge is 2.08. The van der Waals surface area contributed by atoms with Crippen molar-refractivity contribution < 1.29 is 4.79 Å². The molecule has 0 aliphatic rings. The number of thiocarbonyl (C=S) groups is 1. The van der Waals surface area contributed by atoms with E-state index in [0.29, 0.717) is 16.7 Å². The second-order valence-corrected chi connectivity index (χ2v) is 5.20. The lowest BCUT2D eigenvalue weighted by molar-refractivity contribution is 0.0939. The highest BCUT2D eigenvalue weighted by atomic mass is 32.1. The Bertz CT molecular complexity index is 405. The first-order chi connectivity index (χ1) is 9.67. The average molecular weight is 296 g/mol. The van der Waals surface area contributed by atoms with Crippen molar-refractivity contribution in [1.82, 2.24) is 21.2 Å². The lowest BCUT2D eigenvalue weighted by atomic mass is 9.99. The van der Waals surface area contributed by atoms with E-state index in [2.05, 4.69) is 35.0 Å². The summed E-state index contributed by atoms with van der Waals surface area (Å²) in [7, 11) is 0. The van der Waals surface area contributed by atoms with E-state index in [1.165, 1.54) is 19.3 Å². The van der Waals surface area contributed by atoms with Crippen LogP contribution < -0.4 is 16.2 Å². The number of nitrogens with one attached hydrogen (secondary N) is 4. The van der Waals surface area contributed by atoms with Gasteiger partial charge in [0.1, 0.15) is 5.69 Å². The monoisotopic (exact) mass is 296 g/mol. The van der Waals surface area contributed by atoms with Crippen molar-refractivity contribution in [2.75, 3.05) is 6.54 Å². The number of hydrazine groups is 1. The largest absolute Gasteiger partial charge is 0.361 e. The predicted octanol–water partition coefficient (Wildman–Crippen LogP) is 2.34. The number of aromatic nitrogens is 1. The first kappa shape index (κ1) is 16.5. The highest BCUT2D eigenvalue weighted by molar-refractivity contribution is 7.80. The van der Waals surface area contributed by atoms with Gasteiger partial charge in [0.15, 0.2) is 5.11 Å². The Morgan fingerprint density at radius 3 is 2.80 bits per heavy atom. The summed E-state index contributed by atoms with van der Waals surface area (Å²) < 4.78 is 0. The summed E-state index contributed by atoms with van der Waals surface area (Å²) in [5.41, 5.74) is 5.75. The molecule has 0 radical (unpaired) electrons. The van der Waals surface area contributed by atoms with E-state index < -0.39 is 0 Å². The molecule has 0 fully saturated rings. The van der Waals surface area contributed by atoms with Crippen molar-refractivity contribution >= 4 is 23.2 Å². The minimum Gasteiger partial charge on any atom is -0.361 e. The molecule has 1 amide bonds. The average Bonchev–Trinajstić information content (AvgIpc) is 2.99. The molecule has 0 unspecified atom stereocenters. The first-order valence-electron chi connectivity index (χ1n) is 7.14. The van der Waals surface area contributed by atoms with Crippen molar-refractivity contribution in [3.63, 3.8) is 0 Å². The molecular weight excluding hydrogens is 272 g/mol. The van der Waals surface area contributed by atoms with Crippen molar-refractivity contribution in [1.29, 1.82) is 0 Å². The Kier molecular flexibility index (Phi) is 7.72. The van der Waals surface area contributed by atoms with Crippen molar-refractivity contribution in [3.8, 4) is 0 Å². The van der Waals surface area contributed by atoms with E-state index in [9.17, 15) is 4.79 Å². The van der Waals surface area contributed by atoms with Crippen LogP contribution in [0.15, 0.2) is 18.3 Å². The molecule has 0 aliphatic heterocycles. The predicted molar refractivity (Wildman–Crippen MR) is 85.3 cm³/mol. The zero-order chi connectivity index (χ0) is 14.8. The third-order valence-electron chi connectivity index (χ3n) is 3.23. The number of rotatable bonds is 7. The van der Waals surface area contributed by atoms with Gasteiger partial charge in [-0.1, -0.05) is 33.1 Å². The van der Waals surface area contributed by atoms with Crippen molar-refractivity contribution in [3.05, 3.63) is 24.0 Å². The Labute approximate surface area is 125 Å². The molecule has 0 spiro atoms. The molecule has 1 atom stereocenters. The quantitative estimate of drug-likeness (QED) is 0.460.